The van der Waals surface area contributed by atoms with Crippen LogP contribution in [0, 0.1) is 6.92 Å². The Morgan fingerprint density at radius 2 is 1.95 bits per heavy atom. The van der Waals surface area contributed by atoms with Crippen LogP contribution in [0.1, 0.15) is 17.5 Å². The average molecular weight is 282 g/mol. The molecule has 4 nitrogen and oxygen atoms in total. The van der Waals surface area contributed by atoms with Gasteiger partial charge >= 0.3 is 0 Å². The van der Waals surface area contributed by atoms with E-state index >= 15 is 0 Å². The summed E-state index contributed by atoms with van der Waals surface area (Å²) >= 11 is 0. The number of aryl methyl sites for hydroxylation is 1. The summed E-state index contributed by atoms with van der Waals surface area (Å²) in [4.78, 5) is 2.33. The van der Waals surface area contributed by atoms with Crippen molar-refractivity contribution in [2.45, 2.75) is 19.9 Å². The Balaban J connectivity index is 1.96. The molecule has 0 unspecified atom stereocenters. The summed E-state index contributed by atoms with van der Waals surface area (Å²) in [5.74, 6) is 0. The minimum atomic E-state index is -3.05. The largest absolute Gasteiger partial charge is 0.298 e. The number of hydrogen-bond donors (Lipinski definition) is 0. The molecule has 0 aliphatic carbocycles. The van der Waals surface area contributed by atoms with E-state index in [1.807, 2.05) is 0 Å². The van der Waals surface area contributed by atoms with Gasteiger partial charge in [-0.3, -0.25) is 4.90 Å². The summed E-state index contributed by atoms with van der Waals surface area (Å²) in [5, 5.41) is 0. The van der Waals surface area contributed by atoms with Crippen LogP contribution in [0.5, 0.6) is 0 Å². The van der Waals surface area contributed by atoms with E-state index in [9.17, 15) is 8.42 Å². The lowest BCUT2D eigenvalue weighted by Crippen LogP contribution is -2.34. The van der Waals surface area contributed by atoms with Gasteiger partial charge in [0.2, 0.25) is 10.0 Å². The Labute approximate surface area is 116 Å². The second-order valence-electron chi connectivity index (χ2n) is 5.28. The molecule has 0 N–H and O–H groups in total. The van der Waals surface area contributed by atoms with Crippen LogP contribution in [-0.4, -0.2) is 50.1 Å². The summed E-state index contributed by atoms with van der Waals surface area (Å²) in [6.07, 6.45) is 2.20. The van der Waals surface area contributed by atoms with Crippen LogP contribution in [0.3, 0.4) is 0 Å². The van der Waals surface area contributed by atoms with Gasteiger partial charge in [0.25, 0.3) is 0 Å². The highest BCUT2D eigenvalue weighted by molar-refractivity contribution is 7.88. The second kappa shape index (κ2) is 6.03. The SMILES string of the molecule is Cc1cccc(CN2CCCN(S(C)(=O)=O)CC2)c1. The number of sulfonamides is 1. The van der Waals surface area contributed by atoms with E-state index in [1.54, 1.807) is 4.31 Å². The fraction of sp³-hybridized carbons (Fsp3) is 0.571. The molecule has 0 radical (unpaired) electrons. The van der Waals surface area contributed by atoms with Crippen LogP contribution in [0.4, 0.5) is 0 Å². The van der Waals surface area contributed by atoms with Gasteiger partial charge < -0.3 is 0 Å². The monoisotopic (exact) mass is 282 g/mol. The molecule has 1 aromatic rings. The molecule has 19 heavy (non-hydrogen) atoms. The number of hydrogen-bond acceptors (Lipinski definition) is 3. The third kappa shape index (κ3) is 4.30. The van der Waals surface area contributed by atoms with Crippen molar-refractivity contribution >= 4 is 10.0 Å². The third-order valence-corrected chi connectivity index (χ3v) is 4.81. The Bertz CT molecular complexity index is 528. The summed E-state index contributed by atoms with van der Waals surface area (Å²) in [6.45, 7) is 6.01. The molecule has 2 rings (SSSR count). The first kappa shape index (κ1) is 14.5. The summed E-state index contributed by atoms with van der Waals surface area (Å²) in [6, 6.07) is 8.49. The van der Waals surface area contributed by atoms with Gasteiger partial charge in [0, 0.05) is 26.2 Å². The summed E-state index contributed by atoms with van der Waals surface area (Å²) in [7, 11) is -3.05. The van der Waals surface area contributed by atoms with E-state index in [1.165, 1.54) is 17.4 Å². The van der Waals surface area contributed by atoms with Crippen LogP contribution in [0.15, 0.2) is 24.3 Å². The van der Waals surface area contributed by atoms with Crippen molar-refractivity contribution in [2.24, 2.45) is 0 Å². The Morgan fingerprint density at radius 3 is 2.63 bits per heavy atom. The molecule has 1 aromatic carbocycles. The first-order valence-electron chi connectivity index (χ1n) is 6.68. The first-order valence-corrected chi connectivity index (χ1v) is 8.53. The zero-order chi connectivity index (χ0) is 13.9. The van der Waals surface area contributed by atoms with E-state index in [0.29, 0.717) is 13.1 Å². The van der Waals surface area contributed by atoms with Crippen molar-refractivity contribution in [3.05, 3.63) is 35.4 Å². The van der Waals surface area contributed by atoms with Gasteiger partial charge in [-0.15, -0.1) is 0 Å². The lowest BCUT2D eigenvalue weighted by molar-refractivity contribution is 0.279. The maximum Gasteiger partial charge on any atom is 0.211 e. The smallest absolute Gasteiger partial charge is 0.211 e. The molecular formula is C14H22N2O2S. The highest BCUT2D eigenvalue weighted by atomic mass is 32.2. The minimum Gasteiger partial charge on any atom is -0.298 e. The van der Waals surface area contributed by atoms with Crippen LogP contribution < -0.4 is 0 Å². The normalized spacial score (nSPS) is 19.3. The number of benzene rings is 1. The van der Waals surface area contributed by atoms with Crippen molar-refractivity contribution in [3.63, 3.8) is 0 Å². The van der Waals surface area contributed by atoms with Crippen LogP contribution in [-0.2, 0) is 16.6 Å². The van der Waals surface area contributed by atoms with E-state index in [2.05, 4.69) is 36.1 Å². The summed E-state index contributed by atoms with van der Waals surface area (Å²) in [5.41, 5.74) is 2.57. The minimum absolute atomic E-state index is 0.602. The van der Waals surface area contributed by atoms with E-state index in [-0.39, 0.29) is 0 Å². The third-order valence-electron chi connectivity index (χ3n) is 3.51. The molecule has 1 saturated heterocycles. The maximum absolute atomic E-state index is 11.6. The van der Waals surface area contributed by atoms with E-state index < -0.39 is 10.0 Å². The predicted molar refractivity (Wildman–Crippen MR) is 77.5 cm³/mol. The van der Waals surface area contributed by atoms with Crippen molar-refractivity contribution in [2.75, 3.05) is 32.4 Å². The van der Waals surface area contributed by atoms with E-state index in [0.717, 1.165) is 26.1 Å². The molecule has 1 heterocycles. The second-order valence-corrected chi connectivity index (χ2v) is 7.26. The van der Waals surface area contributed by atoms with Gasteiger partial charge in [-0.1, -0.05) is 29.8 Å². The van der Waals surface area contributed by atoms with Crippen molar-refractivity contribution in [3.8, 4) is 0 Å². The molecule has 0 amide bonds. The fourth-order valence-corrected chi connectivity index (χ4v) is 3.38. The molecule has 0 bridgehead atoms. The Hall–Kier alpha value is -0.910. The van der Waals surface area contributed by atoms with Gasteiger partial charge in [0.15, 0.2) is 0 Å². The fourth-order valence-electron chi connectivity index (χ4n) is 2.51. The molecule has 1 fully saturated rings. The highest BCUT2D eigenvalue weighted by Gasteiger charge is 2.21. The maximum atomic E-state index is 11.6. The van der Waals surface area contributed by atoms with Crippen LogP contribution >= 0.6 is 0 Å². The van der Waals surface area contributed by atoms with Gasteiger partial charge in [-0.2, -0.15) is 0 Å². The van der Waals surface area contributed by atoms with Crippen molar-refractivity contribution < 1.29 is 8.42 Å². The predicted octanol–water partition coefficient (Wildman–Crippen LogP) is 1.46. The lowest BCUT2D eigenvalue weighted by atomic mass is 10.1. The topological polar surface area (TPSA) is 40.6 Å². The number of rotatable bonds is 3. The Kier molecular flexibility index (Phi) is 4.60. The van der Waals surface area contributed by atoms with Gasteiger partial charge in [0.05, 0.1) is 6.26 Å². The molecule has 0 atom stereocenters. The van der Waals surface area contributed by atoms with E-state index in [4.69, 9.17) is 0 Å². The van der Waals surface area contributed by atoms with Gasteiger partial charge in [-0.05, 0) is 25.5 Å². The summed E-state index contributed by atoms with van der Waals surface area (Å²) < 4.78 is 24.7. The molecule has 0 saturated carbocycles. The molecule has 106 valence electrons. The van der Waals surface area contributed by atoms with Crippen LogP contribution in [0.2, 0.25) is 0 Å². The standard InChI is InChI=1S/C14H22N2O2S/c1-13-5-3-6-14(11-13)12-15-7-4-8-16(10-9-15)19(2,17)18/h3,5-6,11H,4,7-10,12H2,1-2H3. The van der Waals surface area contributed by atoms with Crippen molar-refractivity contribution in [1.82, 2.24) is 9.21 Å². The molecule has 0 spiro atoms. The lowest BCUT2D eigenvalue weighted by Gasteiger charge is -2.20. The molecular weight excluding hydrogens is 260 g/mol. The quantitative estimate of drug-likeness (QED) is 0.843. The zero-order valence-corrected chi connectivity index (χ0v) is 12.5. The van der Waals surface area contributed by atoms with Crippen molar-refractivity contribution in [1.29, 1.82) is 0 Å². The highest BCUT2D eigenvalue weighted by Crippen LogP contribution is 2.12. The molecule has 1 aliphatic rings. The number of nitrogens with zero attached hydrogens (tertiary/aromatic N) is 2. The van der Waals surface area contributed by atoms with Gasteiger partial charge in [0.1, 0.15) is 0 Å². The Morgan fingerprint density at radius 1 is 1.16 bits per heavy atom. The zero-order valence-electron chi connectivity index (χ0n) is 11.7. The van der Waals surface area contributed by atoms with Crippen LogP contribution in [0.25, 0.3) is 0 Å². The van der Waals surface area contributed by atoms with Gasteiger partial charge in [-0.25, -0.2) is 12.7 Å². The average Bonchev–Trinajstić information content (AvgIpc) is 2.54. The molecule has 5 heteroatoms. The first-order chi connectivity index (χ1) is 8.95. The molecule has 1 aliphatic heterocycles. The molecule has 0 aromatic heterocycles.